The van der Waals surface area contributed by atoms with Gasteiger partial charge in [-0.25, -0.2) is 9.78 Å². The molecule has 2 rings (SSSR count). The Labute approximate surface area is 96.2 Å². The Morgan fingerprint density at radius 2 is 2.50 bits per heavy atom. The Balaban J connectivity index is 1.83. The molecular weight excluding hydrogens is 226 g/mol. The molecule has 0 aliphatic rings. The smallest absolute Gasteiger partial charge is 0.347 e. The molecular formula is C10H11N3O2S. The summed E-state index contributed by atoms with van der Waals surface area (Å²) in [6.07, 6.45) is 4.10. The minimum absolute atomic E-state index is 0.252. The fourth-order valence-corrected chi connectivity index (χ4v) is 1.96. The number of anilines is 1. The first-order valence-electron chi connectivity index (χ1n) is 4.81. The molecule has 0 radical (unpaired) electrons. The fourth-order valence-electron chi connectivity index (χ4n) is 1.28. The maximum absolute atomic E-state index is 10.6. The summed E-state index contributed by atoms with van der Waals surface area (Å²) in [6.45, 7) is 0.729. The summed E-state index contributed by atoms with van der Waals surface area (Å²) >= 11 is 1.15. The Morgan fingerprint density at radius 3 is 3.12 bits per heavy atom. The molecule has 0 aromatic carbocycles. The van der Waals surface area contributed by atoms with E-state index in [1.165, 1.54) is 6.20 Å². The Kier molecular flexibility index (Phi) is 3.21. The van der Waals surface area contributed by atoms with Crippen molar-refractivity contribution in [1.29, 1.82) is 0 Å². The van der Waals surface area contributed by atoms with E-state index in [0.29, 0.717) is 5.13 Å². The van der Waals surface area contributed by atoms with Crippen molar-refractivity contribution in [3.63, 3.8) is 0 Å². The van der Waals surface area contributed by atoms with Crippen LogP contribution >= 0.6 is 11.3 Å². The molecule has 2 heterocycles. The zero-order valence-corrected chi connectivity index (χ0v) is 9.25. The van der Waals surface area contributed by atoms with Gasteiger partial charge in [0.15, 0.2) is 5.13 Å². The van der Waals surface area contributed by atoms with Crippen LogP contribution < -0.4 is 5.32 Å². The Morgan fingerprint density at radius 1 is 1.62 bits per heavy atom. The maximum Gasteiger partial charge on any atom is 0.347 e. The topological polar surface area (TPSA) is 78.0 Å². The van der Waals surface area contributed by atoms with Crippen molar-refractivity contribution in [2.45, 2.75) is 6.42 Å². The van der Waals surface area contributed by atoms with Gasteiger partial charge in [-0.3, -0.25) is 0 Å². The third-order valence-corrected chi connectivity index (χ3v) is 2.99. The first-order valence-corrected chi connectivity index (χ1v) is 5.62. The molecule has 0 atom stereocenters. The second-order valence-corrected chi connectivity index (χ2v) is 4.24. The van der Waals surface area contributed by atoms with Gasteiger partial charge in [0.25, 0.3) is 0 Å². The van der Waals surface area contributed by atoms with Crippen molar-refractivity contribution < 1.29 is 9.90 Å². The number of carboxylic acids is 1. The van der Waals surface area contributed by atoms with Crippen LogP contribution in [0, 0.1) is 0 Å². The lowest BCUT2D eigenvalue weighted by Crippen LogP contribution is -2.04. The van der Waals surface area contributed by atoms with Gasteiger partial charge in [-0.05, 0) is 12.1 Å². The lowest BCUT2D eigenvalue weighted by Gasteiger charge is -2.00. The van der Waals surface area contributed by atoms with Crippen LogP contribution in [0.2, 0.25) is 0 Å². The van der Waals surface area contributed by atoms with Crippen LogP contribution in [0.4, 0.5) is 5.13 Å². The highest BCUT2D eigenvalue weighted by Gasteiger charge is 2.07. The van der Waals surface area contributed by atoms with Gasteiger partial charge in [0.05, 0.1) is 6.20 Å². The zero-order chi connectivity index (χ0) is 11.4. The van der Waals surface area contributed by atoms with Crippen molar-refractivity contribution in [2.24, 2.45) is 0 Å². The van der Waals surface area contributed by atoms with Crippen LogP contribution in [-0.4, -0.2) is 27.6 Å². The van der Waals surface area contributed by atoms with Gasteiger partial charge in [-0.2, -0.15) is 0 Å². The molecule has 0 spiro atoms. The summed E-state index contributed by atoms with van der Waals surface area (Å²) < 4.78 is 0. The molecule has 2 aromatic heterocycles. The van der Waals surface area contributed by atoms with E-state index >= 15 is 0 Å². The number of nitrogens with zero attached hydrogens (tertiary/aromatic N) is 1. The van der Waals surface area contributed by atoms with Crippen LogP contribution in [-0.2, 0) is 6.42 Å². The van der Waals surface area contributed by atoms with Gasteiger partial charge < -0.3 is 15.4 Å². The van der Waals surface area contributed by atoms with E-state index in [0.717, 1.165) is 30.0 Å². The number of H-pyrrole nitrogens is 1. The van der Waals surface area contributed by atoms with Gasteiger partial charge in [0, 0.05) is 24.9 Å². The maximum atomic E-state index is 10.6. The SMILES string of the molecule is O=C(O)c1cnc(NCCc2ccc[nH]2)s1. The summed E-state index contributed by atoms with van der Waals surface area (Å²) in [5.41, 5.74) is 1.14. The molecule has 0 saturated carbocycles. The predicted octanol–water partition coefficient (Wildman–Crippen LogP) is 1.82. The number of hydrogen-bond donors (Lipinski definition) is 3. The summed E-state index contributed by atoms with van der Waals surface area (Å²) in [7, 11) is 0. The first kappa shape index (κ1) is 10.7. The minimum atomic E-state index is -0.935. The molecule has 0 aliphatic heterocycles. The van der Waals surface area contributed by atoms with Crippen molar-refractivity contribution in [2.75, 3.05) is 11.9 Å². The molecule has 2 aromatic rings. The summed E-state index contributed by atoms with van der Waals surface area (Å²) in [6, 6.07) is 3.95. The number of rotatable bonds is 5. The molecule has 6 heteroatoms. The molecule has 0 fully saturated rings. The molecule has 0 saturated heterocycles. The molecule has 0 unspecified atom stereocenters. The summed E-state index contributed by atoms with van der Waals surface area (Å²) in [5.74, 6) is -0.935. The first-order chi connectivity index (χ1) is 7.75. The number of aromatic amines is 1. The fraction of sp³-hybridized carbons (Fsp3) is 0.200. The summed E-state index contributed by atoms with van der Waals surface area (Å²) in [5, 5.41) is 12.4. The van der Waals surface area contributed by atoms with E-state index in [1.54, 1.807) is 0 Å². The average molecular weight is 237 g/mol. The van der Waals surface area contributed by atoms with Crippen LogP contribution in [0.25, 0.3) is 0 Å². The van der Waals surface area contributed by atoms with Crippen molar-refractivity contribution in [3.05, 3.63) is 35.1 Å². The lowest BCUT2D eigenvalue weighted by atomic mass is 10.3. The van der Waals surface area contributed by atoms with E-state index in [-0.39, 0.29) is 4.88 Å². The second kappa shape index (κ2) is 4.80. The number of aromatic carboxylic acids is 1. The molecule has 0 bridgehead atoms. The van der Waals surface area contributed by atoms with E-state index in [9.17, 15) is 4.79 Å². The highest BCUT2D eigenvalue weighted by Crippen LogP contribution is 2.17. The number of carboxylic acid groups (broad SMARTS) is 1. The number of hydrogen-bond acceptors (Lipinski definition) is 4. The van der Waals surface area contributed by atoms with Crippen molar-refractivity contribution in [1.82, 2.24) is 9.97 Å². The normalized spacial score (nSPS) is 10.2. The van der Waals surface area contributed by atoms with Gasteiger partial charge >= 0.3 is 5.97 Å². The third-order valence-electron chi connectivity index (χ3n) is 2.05. The van der Waals surface area contributed by atoms with E-state index < -0.39 is 5.97 Å². The summed E-state index contributed by atoms with van der Waals surface area (Å²) in [4.78, 5) is 17.9. The highest BCUT2D eigenvalue weighted by molar-refractivity contribution is 7.17. The van der Waals surface area contributed by atoms with E-state index in [1.807, 2.05) is 18.3 Å². The second-order valence-electron chi connectivity index (χ2n) is 3.21. The Bertz CT molecular complexity index is 464. The molecule has 16 heavy (non-hydrogen) atoms. The molecule has 0 aliphatic carbocycles. The van der Waals surface area contributed by atoms with Gasteiger partial charge in [-0.15, -0.1) is 0 Å². The quantitative estimate of drug-likeness (QED) is 0.741. The van der Waals surface area contributed by atoms with Crippen LogP contribution in [0.3, 0.4) is 0 Å². The van der Waals surface area contributed by atoms with Crippen molar-refractivity contribution in [3.8, 4) is 0 Å². The number of carbonyl (C=O) groups is 1. The predicted molar refractivity (Wildman–Crippen MR) is 62.1 cm³/mol. The lowest BCUT2D eigenvalue weighted by molar-refractivity contribution is 0.0702. The van der Waals surface area contributed by atoms with E-state index in [2.05, 4.69) is 15.3 Å². The molecule has 84 valence electrons. The van der Waals surface area contributed by atoms with E-state index in [4.69, 9.17) is 5.11 Å². The highest BCUT2D eigenvalue weighted by atomic mass is 32.1. The third kappa shape index (κ3) is 2.60. The number of aromatic nitrogens is 2. The van der Waals surface area contributed by atoms with Gasteiger partial charge in [0.2, 0.25) is 0 Å². The van der Waals surface area contributed by atoms with Gasteiger partial charge in [-0.1, -0.05) is 11.3 Å². The molecule has 5 nitrogen and oxygen atoms in total. The largest absolute Gasteiger partial charge is 0.477 e. The van der Waals surface area contributed by atoms with Gasteiger partial charge in [0.1, 0.15) is 4.88 Å². The standard InChI is InChI=1S/C10H11N3O2S/c14-9(15)8-6-13-10(16-8)12-5-3-7-2-1-4-11-7/h1-2,4,6,11H,3,5H2,(H,12,13)(H,14,15). The average Bonchev–Trinajstić information content (AvgIpc) is 2.87. The zero-order valence-electron chi connectivity index (χ0n) is 8.43. The van der Waals surface area contributed by atoms with Crippen LogP contribution in [0.1, 0.15) is 15.4 Å². The number of nitrogens with one attached hydrogen (secondary N) is 2. The van der Waals surface area contributed by atoms with Crippen LogP contribution in [0.15, 0.2) is 24.5 Å². The van der Waals surface area contributed by atoms with Crippen molar-refractivity contribution >= 4 is 22.4 Å². The minimum Gasteiger partial charge on any atom is -0.477 e. The van der Waals surface area contributed by atoms with Crippen LogP contribution in [0.5, 0.6) is 0 Å². The number of thiazole rings is 1. The molecule has 0 amide bonds. The molecule has 3 N–H and O–H groups in total. The Hall–Kier alpha value is -1.82. The monoisotopic (exact) mass is 237 g/mol.